The van der Waals surface area contributed by atoms with Crippen LogP contribution in [-0.2, 0) is 19.6 Å². The Kier molecular flexibility index (Phi) is 7.37. The van der Waals surface area contributed by atoms with Crippen molar-refractivity contribution in [2.45, 2.75) is 56.6 Å². The first-order valence-electron chi connectivity index (χ1n) is 9.38. The van der Waals surface area contributed by atoms with Gasteiger partial charge in [0.2, 0.25) is 10.0 Å². The topological polar surface area (TPSA) is 122 Å². The maximum Gasteiger partial charge on any atom is 0.339 e. The van der Waals surface area contributed by atoms with Crippen molar-refractivity contribution in [3.8, 4) is 0 Å². The van der Waals surface area contributed by atoms with E-state index in [1.165, 1.54) is 39.2 Å². The quantitative estimate of drug-likeness (QED) is 0.667. The molecule has 0 spiro atoms. The van der Waals surface area contributed by atoms with E-state index in [-0.39, 0.29) is 16.5 Å². The molecule has 2 rings (SSSR count). The van der Waals surface area contributed by atoms with Crippen LogP contribution in [0.2, 0.25) is 0 Å². The highest BCUT2D eigenvalue weighted by atomic mass is 32.2. The number of imide groups is 1. The lowest BCUT2D eigenvalue weighted by Gasteiger charge is -2.17. The van der Waals surface area contributed by atoms with Crippen LogP contribution < -0.4 is 10.6 Å². The lowest BCUT2D eigenvalue weighted by Crippen LogP contribution is -2.47. The molecule has 0 radical (unpaired) electrons. The maximum absolute atomic E-state index is 12.5. The van der Waals surface area contributed by atoms with Crippen LogP contribution in [0.1, 0.15) is 48.5 Å². The summed E-state index contributed by atoms with van der Waals surface area (Å²) in [7, 11) is -0.958. The Balaban J connectivity index is 2.03. The number of urea groups is 1. The summed E-state index contributed by atoms with van der Waals surface area (Å²) in [5, 5.41) is 4.87. The molecule has 0 heterocycles. The normalized spacial score (nSPS) is 15.8. The minimum atomic E-state index is -3.73. The molecule has 3 amide bonds. The molecule has 160 valence electrons. The predicted molar refractivity (Wildman–Crippen MR) is 106 cm³/mol. The Hall–Kier alpha value is -2.46. The third-order valence-electron chi connectivity index (χ3n) is 4.79. The van der Waals surface area contributed by atoms with Crippen LogP contribution in [-0.4, -0.2) is 56.9 Å². The lowest BCUT2D eigenvalue weighted by molar-refractivity contribution is -0.127. The molecule has 1 aromatic carbocycles. The van der Waals surface area contributed by atoms with Gasteiger partial charge in [-0.25, -0.2) is 22.3 Å². The zero-order valence-electron chi connectivity index (χ0n) is 17.0. The van der Waals surface area contributed by atoms with E-state index in [1.54, 1.807) is 6.92 Å². The van der Waals surface area contributed by atoms with E-state index in [1.807, 2.05) is 0 Å². The first kappa shape index (κ1) is 22.8. The molecule has 1 fully saturated rings. The van der Waals surface area contributed by atoms with Crippen molar-refractivity contribution in [1.29, 1.82) is 0 Å². The summed E-state index contributed by atoms with van der Waals surface area (Å²) in [6, 6.07) is 3.52. The van der Waals surface area contributed by atoms with Crippen molar-refractivity contribution in [1.82, 2.24) is 14.9 Å². The Labute approximate surface area is 170 Å². The number of carbonyl (C=O) groups excluding carboxylic acids is 3. The average Bonchev–Trinajstić information content (AvgIpc) is 3.14. The van der Waals surface area contributed by atoms with Gasteiger partial charge in [0.1, 0.15) is 0 Å². The Morgan fingerprint density at radius 1 is 1.17 bits per heavy atom. The van der Waals surface area contributed by atoms with E-state index in [4.69, 9.17) is 4.74 Å². The molecule has 0 aromatic heterocycles. The number of ether oxygens (including phenoxy) is 1. The van der Waals surface area contributed by atoms with Crippen molar-refractivity contribution in [3.05, 3.63) is 29.3 Å². The first-order valence-corrected chi connectivity index (χ1v) is 10.8. The van der Waals surface area contributed by atoms with Gasteiger partial charge in [-0.05, 0) is 44.4 Å². The second kappa shape index (κ2) is 9.36. The molecule has 1 aliphatic rings. The smallest absolute Gasteiger partial charge is 0.339 e. The molecule has 0 aliphatic heterocycles. The highest BCUT2D eigenvalue weighted by Crippen LogP contribution is 2.20. The second-order valence-electron chi connectivity index (χ2n) is 7.26. The van der Waals surface area contributed by atoms with E-state index < -0.39 is 34.0 Å². The second-order valence-corrected chi connectivity index (χ2v) is 9.41. The van der Waals surface area contributed by atoms with Crippen molar-refractivity contribution < 1.29 is 27.5 Å². The SMILES string of the molecule is Cc1ccc(S(=O)(=O)N(C)C)cc1C(=O)O[C@H](C)C(=O)NC(=O)NC1CCCC1. The molecule has 1 aliphatic carbocycles. The number of nitrogens with one attached hydrogen (secondary N) is 2. The fourth-order valence-electron chi connectivity index (χ4n) is 2.98. The van der Waals surface area contributed by atoms with Crippen molar-refractivity contribution in [2.24, 2.45) is 0 Å². The van der Waals surface area contributed by atoms with Gasteiger partial charge in [0.15, 0.2) is 6.10 Å². The lowest BCUT2D eigenvalue weighted by atomic mass is 10.1. The van der Waals surface area contributed by atoms with Gasteiger partial charge >= 0.3 is 12.0 Å². The third-order valence-corrected chi connectivity index (χ3v) is 6.60. The number of nitrogens with zero attached hydrogens (tertiary/aromatic N) is 1. The summed E-state index contributed by atoms with van der Waals surface area (Å²) in [6.45, 7) is 2.97. The molecule has 1 saturated carbocycles. The molecule has 9 nitrogen and oxygen atoms in total. The van der Waals surface area contributed by atoms with E-state index in [0.29, 0.717) is 5.56 Å². The molecule has 10 heteroatoms. The van der Waals surface area contributed by atoms with Crippen molar-refractivity contribution in [2.75, 3.05) is 14.1 Å². The van der Waals surface area contributed by atoms with Gasteiger partial charge in [-0.1, -0.05) is 18.9 Å². The summed E-state index contributed by atoms with van der Waals surface area (Å²) in [4.78, 5) is 36.5. The molecule has 2 N–H and O–H groups in total. The monoisotopic (exact) mass is 425 g/mol. The predicted octanol–water partition coefficient (Wildman–Crippen LogP) is 1.56. The van der Waals surface area contributed by atoms with Crippen LogP contribution in [0.3, 0.4) is 0 Å². The zero-order chi connectivity index (χ0) is 21.8. The largest absolute Gasteiger partial charge is 0.449 e. The van der Waals surface area contributed by atoms with Gasteiger partial charge in [0.25, 0.3) is 5.91 Å². The average molecular weight is 426 g/mol. The van der Waals surface area contributed by atoms with Crippen LogP contribution >= 0.6 is 0 Å². The Morgan fingerprint density at radius 3 is 2.38 bits per heavy atom. The zero-order valence-corrected chi connectivity index (χ0v) is 17.8. The van der Waals surface area contributed by atoms with Gasteiger partial charge in [-0.3, -0.25) is 10.1 Å². The molecule has 1 atom stereocenters. The van der Waals surface area contributed by atoms with Gasteiger partial charge in [-0.15, -0.1) is 0 Å². The summed E-state index contributed by atoms with van der Waals surface area (Å²) in [6.07, 6.45) is 2.59. The van der Waals surface area contributed by atoms with E-state index in [2.05, 4.69) is 10.6 Å². The number of aryl methyl sites for hydroxylation is 1. The van der Waals surface area contributed by atoms with Crippen LogP contribution in [0, 0.1) is 6.92 Å². The molecular weight excluding hydrogens is 398 g/mol. The van der Waals surface area contributed by atoms with Gasteiger partial charge < -0.3 is 10.1 Å². The standard InChI is InChI=1S/C19H27N3O6S/c1-12-9-10-15(29(26,27)22(3)4)11-16(12)18(24)28-13(2)17(23)21-19(25)20-14-7-5-6-8-14/h9-11,13-14H,5-8H2,1-4H3,(H2,20,21,23,25)/t13-/m1/s1. The molecule has 0 bridgehead atoms. The van der Waals surface area contributed by atoms with Gasteiger partial charge in [-0.2, -0.15) is 0 Å². The Bertz CT molecular complexity index is 891. The summed E-state index contributed by atoms with van der Waals surface area (Å²) < 4.78 is 30.7. The van der Waals surface area contributed by atoms with Crippen LogP contribution in [0.15, 0.2) is 23.1 Å². The number of esters is 1. The minimum absolute atomic E-state index is 0.0305. The first-order chi connectivity index (χ1) is 13.5. The molecule has 0 saturated heterocycles. The van der Waals surface area contributed by atoms with Crippen molar-refractivity contribution in [3.63, 3.8) is 0 Å². The number of benzene rings is 1. The summed E-state index contributed by atoms with van der Waals surface area (Å²) in [5.41, 5.74) is 0.530. The minimum Gasteiger partial charge on any atom is -0.449 e. The van der Waals surface area contributed by atoms with E-state index >= 15 is 0 Å². The summed E-state index contributed by atoms with van der Waals surface area (Å²) in [5.74, 6) is -1.61. The highest BCUT2D eigenvalue weighted by Gasteiger charge is 2.25. The van der Waals surface area contributed by atoms with Gasteiger partial charge in [0, 0.05) is 20.1 Å². The highest BCUT2D eigenvalue weighted by molar-refractivity contribution is 7.89. The van der Waals surface area contributed by atoms with Crippen LogP contribution in [0.5, 0.6) is 0 Å². The van der Waals surface area contributed by atoms with Crippen LogP contribution in [0.25, 0.3) is 0 Å². The number of rotatable bonds is 6. The fourth-order valence-corrected chi connectivity index (χ4v) is 3.90. The van der Waals surface area contributed by atoms with E-state index in [9.17, 15) is 22.8 Å². The molecule has 1 aromatic rings. The van der Waals surface area contributed by atoms with Crippen LogP contribution in [0.4, 0.5) is 4.79 Å². The molecule has 0 unspecified atom stereocenters. The fraction of sp³-hybridized carbons (Fsp3) is 0.526. The van der Waals surface area contributed by atoms with Crippen molar-refractivity contribution >= 4 is 27.9 Å². The number of amides is 3. The third kappa shape index (κ3) is 5.77. The molecule has 29 heavy (non-hydrogen) atoms. The van der Waals surface area contributed by atoms with E-state index in [0.717, 1.165) is 30.0 Å². The number of carbonyl (C=O) groups is 3. The number of hydrogen-bond acceptors (Lipinski definition) is 6. The molecular formula is C19H27N3O6S. The Morgan fingerprint density at radius 2 is 1.79 bits per heavy atom. The number of sulfonamides is 1. The maximum atomic E-state index is 12.5. The van der Waals surface area contributed by atoms with Gasteiger partial charge in [0.05, 0.1) is 10.5 Å². The summed E-state index contributed by atoms with van der Waals surface area (Å²) >= 11 is 0. The number of hydrogen-bond donors (Lipinski definition) is 2.